The van der Waals surface area contributed by atoms with E-state index in [1.54, 1.807) is 11.3 Å². The number of aromatic nitrogens is 4. The molecule has 0 bridgehead atoms. The molecule has 0 radical (unpaired) electrons. The molecule has 0 unspecified atom stereocenters. The van der Waals surface area contributed by atoms with Gasteiger partial charge in [-0.05, 0) is 13.8 Å². The smallest absolute Gasteiger partial charge is 0.232 e. The van der Waals surface area contributed by atoms with Crippen molar-refractivity contribution in [2.45, 2.75) is 20.4 Å². The summed E-state index contributed by atoms with van der Waals surface area (Å²) in [5, 5.41) is 2.01. The molecule has 2 heterocycles. The summed E-state index contributed by atoms with van der Waals surface area (Å²) in [5.41, 5.74) is 8.59. The Balaban J connectivity index is 2.22. The van der Waals surface area contributed by atoms with Gasteiger partial charge in [-0.25, -0.2) is 4.98 Å². The molecule has 2 aromatic rings. The summed E-state index contributed by atoms with van der Waals surface area (Å²) < 4.78 is 0. The summed E-state index contributed by atoms with van der Waals surface area (Å²) in [4.78, 5) is 21.1. The lowest BCUT2D eigenvalue weighted by Crippen LogP contribution is -2.27. The van der Waals surface area contributed by atoms with Gasteiger partial charge in [0.05, 0.1) is 17.7 Å². The molecule has 2 N–H and O–H groups in total. The van der Waals surface area contributed by atoms with Crippen LogP contribution in [-0.4, -0.2) is 40.1 Å². The SMILES string of the molecule is CCN(CC)c1nc(N)nc(N(C)Cc2cscn2)n1. The van der Waals surface area contributed by atoms with Gasteiger partial charge in [-0.3, -0.25) is 0 Å². The minimum absolute atomic E-state index is 0.238. The minimum Gasteiger partial charge on any atom is -0.368 e. The van der Waals surface area contributed by atoms with Crippen molar-refractivity contribution in [2.75, 3.05) is 35.7 Å². The van der Waals surface area contributed by atoms with E-state index in [1.807, 2.05) is 27.7 Å². The second-order valence-corrected chi connectivity index (χ2v) is 5.02. The molecule has 0 amide bonds. The maximum atomic E-state index is 5.79. The van der Waals surface area contributed by atoms with E-state index in [-0.39, 0.29) is 5.95 Å². The van der Waals surface area contributed by atoms with Gasteiger partial charge in [0.1, 0.15) is 0 Å². The first-order valence-electron chi connectivity index (χ1n) is 6.48. The van der Waals surface area contributed by atoms with Crippen molar-refractivity contribution in [2.24, 2.45) is 0 Å². The molecule has 7 nitrogen and oxygen atoms in total. The van der Waals surface area contributed by atoms with E-state index in [4.69, 9.17) is 5.73 Å². The number of thiazole rings is 1. The molecule has 8 heteroatoms. The Labute approximate surface area is 122 Å². The zero-order valence-electron chi connectivity index (χ0n) is 11.9. The molecule has 0 fully saturated rings. The van der Waals surface area contributed by atoms with Crippen LogP contribution in [0, 0.1) is 0 Å². The molecule has 2 aromatic heterocycles. The van der Waals surface area contributed by atoms with Crippen molar-refractivity contribution in [1.29, 1.82) is 0 Å². The quantitative estimate of drug-likeness (QED) is 0.861. The van der Waals surface area contributed by atoms with E-state index in [9.17, 15) is 0 Å². The predicted octanol–water partition coefficient (Wildman–Crippen LogP) is 1.39. The molecule has 108 valence electrons. The van der Waals surface area contributed by atoms with E-state index in [1.165, 1.54) is 0 Å². The Hall–Kier alpha value is -1.96. The molecule has 0 aliphatic carbocycles. The summed E-state index contributed by atoms with van der Waals surface area (Å²) in [7, 11) is 1.92. The molecular weight excluding hydrogens is 274 g/mol. The van der Waals surface area contributed by atoms with Crippen LogP contribution in [0.1, 0.15) is 19.5 Å². The first-order valence-corrected chi connectivity index (χ1v) is 7.43. The maximum absolute atomic E-state index is 5.79. The molecular formula is C12H19N7S. The third-order valence-corrected chi connectivity index (χ3v) is 3.53. The zero-order chi connectivity index (χ0) is 14.5. The van der Waals surface area contributed by atoms with Crippen LogP contribution < -0.4 is 15.5 Å². The average molecular weight is 293 g/mol. The number of hydrogen-bond acceptors (Lipinski definition) is 8. The van der Waals surface area contributed by atoms with Crippen LogP contribution in [0.3, 0.4) is 0 Å². The van der Waals surface area contributed by atoms with Crippen molar-refractivity contribution in [3.8, 4) is 0 Å². The summed E-state index contributed by atoms with van der Waals surface area (Å²) in [6.45, 7) is 6.42. The third kappa shape index (κ3) is 3.32. The Kier molecular flexibility index (Phi) is 4.67. The lowest BCUT2D eigenvalue weighted by molar-refractivity contribution is 0.790. The van der Waals surface area contributed by atoms with Gasteiger partial charge in [0.25, 0.3) is 0 Å². The number of nitrogens with zero attached hydrogens (tertiary/aromatic N) is 6. The standard InChI is InChI=1S/C12H19N7S/c1-4-19(5-2)12-16-10(13)15-11(17-12)18(3)6-9-7-20-8-14-9/h7-8H,4-6H2,1-3H3,(H2,13,15,16,17). The predicted molar refractivity (Wildman–Crippen MR) is 82.0 cm³/mol. The van der Waals surface area contributed by atoms with Crippen molar-refractivity contribution in [3.63, 3.8) is 0 Å². The van der Waals surface area contributed by atoms with Gasteiger partial charge in [-0.1, -0.05) is 0 Å². The maximum Gasteiger partial charge on any atom is 0.232 e. The number of hydrogen-bond donors (Lipinski definition) is 1. The molecule has 0 aliphatic rings. The molecule has 0 spiro atoms. The molecule has 20 heavy (non-hydrogen) atoms. The van der Waals surface area contributed by atoms with Crippen LogP contribution in [0.15, 0.2) is 10.9 Å². The minimum atomic E-state index is 0.238. The fraction of sp³-hybridized carbons (Fsp3) is 0.500. The molecule has 0 saturated heterocycles. The monoisotopic (exact) mass is 293 g/mol. The highest BCUT2D eigenvalue weighted by atomic mass is 32.1. The van der Waals surface area contributed by atoms with Crippen LogP contribution in [0.4, 0.5) is 17.8 Å². The van der Waals surface area contributed by atoms with Crippen molar-refractivity contribution < 1.29 is 0 Å². The summed E-state index contributed by atoms with van der Waals surface area (Å²) in [5.74, 6) is 1.41. The summed E-state index contributed by atoms with van der Waals surface area (Å²) >= 11 is 1.57. The second kappa shape index (κ2) is 6.47. The second-order valence-electron chi connectivity index (χ2n) is 4.30. The van der Waals surface area contributed by atoms with Gasteiger partial charge in [0.15, 0.2) is 0 Å². The summed E-state index contributed by atoms with van der Waals surface area (Å²) in [6.07, 6.45) is 0. The number of anilines is 3. The first kappa shape index (κ1) is 14.4. The van der Waals surface area contributed by atoms with Crippen molar-refractivity contribution >= 4 is 29.2 Å². The van der Waals surface area contributed by atoms with Crippen LogP contribution in [0.5, 0.6) is 0 Å². The Morgan fingerprint density at radius 3 is 2.45 bits per heavy atom. The largest absolute Gasteiger partial charge is 0.368 e. The average Bonchev–Trinajstić information content (AvgIpc) is 2.92. The van der Waals surface area contributed by atoms with Gasteiger partial charge in [0, 0.05) is 25.5 Å². The summed E-state index contributed by atoms with van der Waals surface area (Å²) in [6, 6.07) is 0. The van der Waals surface area contributed by atoms with Crippen LogP contribution in [0.2, 0.25) is 0 Å². The fourth-order valence-corrected chi connectivity index (χ4v) is 2.37. The Morgan fingerprint density at radius 2 is 1.85 bits per heavy atom. The van der Waals surface area contributed by atoms with Crippen molar-refractivity contribution in [3.05, 3.63) is 16.6 Å². The van der Waals surface area contributed by atoms with E-state index >= 15 is 0 Å². The van der Waals surface area contributed by atoms with Crippen LogP contribution in [-0.2, 0) is 6.54 Å². The number of nitrogen functional groups attached to an aromatic ring is 1. The third-order valence-electron chi connectivity index (χ3n) is 2.90. The van der Waals surface area contributed by atoms with Crippen LogP contribution >= 0.6 is 11.3 Å². The topological polar surface area (TPSA) is 84.1 Å². The van der Waals surface area contributed by atoms with Crippen LogP contribution in [0.25, 0.3) is 0 Å². The number of rotatable bonds is 6. The fourth-order valence-electron chi connectivity index (χ4n) is 1.82. The van der Waals surface area contributed by atoms with E-state index < -0.39 is 0 Å². The van der Waals surface area contributed by atoms with Gasteiger partial charge < -0.3 is 15.5 Å². The van der Waals surface area contributed by atoms with E-state index in [2.05, 4.69) is 33.8 Å². The van der Waals surface area contributed by atoms with Crippen molar-refractivity contribution in [1.82, 2.24) is 19.9 Å². The highest BCUT2D eigenvalue weighted by molar-refractivity contribution is 7.07. The van der Waals surface area contributed by atoms with Gasteiger partial charge in [-0.2, -0.15) is 15.0 Å². The van der Waals surface area contributed by atoms with E-state index in [0.717, 1.165) is 18.8 Å². The molecule has 0 saturated carbocycles. The lowest BCUT2D eigenvalue weighted by atomic mass is 10.4. The highest BCUT2D eigenvalue weighted by Crippen LogP contribution is 2.16. The molecule has 2 rings (SSSR count). The molecule has 0 aliphatic heterocycles. The number of nitrogens with two attached hydrogens (primary N) is 1. The normalized spacial score (nSPS) is 10.6. The Morgan fingerprint density at radius 1 is 1.15 bits per heavy atom. The first-order chi connectivity index (χ1) is 9.63. The van der Waals surface area contributed by atoms with Gasteiger partial charge in [-0.15, -0.1) is 11.3 Å². The highest BCUT2D eigenvalue weighted by Gasteiger charge is 2.13. The zero-order valence-corrected chi connectivity index (χ0v) is 12.8. The molecule has 0 aromatic carbocycles. The van der Waals surface area contributed by atoms with Gasteiger partial charge in [0.2, 0.25) is 17.8 Å². The van der Waals surface area contributed by atoms with Gasteiger partial charge >= 0.3 is 0 Å². The molecule has 0 atom stereocenters. The Bertz CT molecular complexity index is 539. The lowest BCUT2D eigenvalue weighted by Gasteiger charge is -2.21. The van der Waals surface area contributed by atoms with E-state index in [0.29, 0.717) is 18.4 Å².